The van der Waals surface area contributed by atoms with Gasteiger partial charge >= 0.3 is 0 Å². The second-order valence-corrected chi connectivity index (χ2v) is 9.27. The largest absolute Gasteiger partial charge is 0.373 e. The van der Waals surface area contributed by atoms with Gasteiger partial charge in [-0.3, -0.25) is 0 Å². The zero-order valence-corrected chi connectivity index (χ0v) is 16.2. The Balaban J connectivity index is 1.39. The van der Waals surface area contributed by atoms with Crippen LogP contribution in [0.4, 0.5) is 5.95 Å². The number of rotatable bonds is 4. The van der Waals surface area contributed by atoms with Crippen LogP contribution in [0.2, 0.25) is 0 Å². The molecule has 1 aromatic carbocycles. The van der Waals surface area contributed by atoms with Crippen LogP contribution in [0.5, 0.6) is 0 Å². The summed E-state index contributed by atoms with van der Waals surface area (Å²) in [7, 11) is -3.45. The Morgan fingerprint density at radius 3 is 2.63 bits per heavy atom. The summed E-state index contributed by atoms with van der Waals surface area (Å²) in [6.45, 7) is 3.44. The fourth-order valence-electron chi connectivity index (χ4n) is 3.90. The van der Waals surface area contributed by atoms with Crippen molar-refractivity contribution in [1.29, 1.82) is 0 Å². The zero-order valence-electron chi connectivity index (χ0n) is 15.3. The molecule has 2 aliphatic heterocycles. The number of aromatic nitrogens is 2. The van der Waals surface area contributed by atoms with Crippen LogP contribution in [0.15, 0.2) is 47.6 Å². The number of aryl methyl sites for hydroxylation is 1. The lowest BCUT2D eigenvalue weighted by Gasteiger charge is -2.38. The molecule has 3 heterocycles. The van der Waals surface area contributed by atoms with Crippen LogP contribution in [0.1, 0.15) is 24.8 Å². The molecule has 1 N–H and O–H groups in total. The van der Waals surface area contributed by atoms with Crippen molar-refractivity contribution in [3.8, 4) is 0 Å². The number of hydrogen-bond acceptors (Lipinski definition) is 6. The number of sulfonamides is 1. The summed E-state index contributed by atoms with van der Waals surface area (Å²) < 4.78 is 33.5. The van der Waals surface area contributed by atoms with E-state index in [1.807, 2.05) is 13.0 Å². The third-order valence-corrected chi connectivity index (χ3v) is 7.26. The maximum absolute atomic E-state index is 12.9. The van der Waals surface area contributed by atoms with Gasteiger partial charge in [-0.25, -0.2) is 18.4 Å². The van der Waals surface area contributed by atoms with Crippen LogP contribution < -0.4 is 5.32 Å². The van der Waals surface area contributed by atoms with Crippen molar-refractivity contribution in [2.75, 3.05) is 25.0 Å². The van der Waals surface area contributed by atoms with E-state index in [9.17, 15) is 8.42 Å². The smallest absolute Gasteiger partial charge is 0.243 e. The van der Waals surface area contributed by atoms with Gasteiger partial charge in [0.25, 0.3) is 0 Å². The van der Waals surface area contributed by atoms with Crippen molar-refractivity contribution in [3.63, 3.8) is 0 Å². The summed E-state index contributed by atoms with van der Waals surface area (Å²) in [6.07, 6.45) is 5.65. The molecule has 4 rings (SSSR count). The van der Waals surface area contributed by atoms with Crippen LogP contribution in [0, 0.1) is 6.92 Å². The van der Waals surface area contributed by atoms with E-state index in [0.29, 0.717) is 43.4 Å². The van der Waals surface area contributed by atoms with E-state index in [2.05, 4.69) is 15.3 Å². The van der Waals surface area contributed by atoms with E-state index in [0.717, 1.165) is 12.0 Å². The van der Waals surface area contributed by atoms with Gasteiger partial charge in [-0.05, 0) is 49.9 Å². The Bertz CT molecular complexity index is 896. The highest BCUT2D eigenvalue weighted by Gasteiger charge is 2.44. The lowest BCUT2D eigenvalue weighted by atomic mass is 9.88. The summed E-state index contributed by atoms with van der Waals surface area (Å²) in [5.41, 5.74) is 0.686. The molecule has 1 unspecified atom stereocenters. The Hall–Kier alpha value is -2.03. The third-order valence-electron chi connectivity index (χ3n) is 5.37. The third kappa shape index (κ3) is 3.83. The van der Waals surface area contributed by atoms with Crippen LogP contribution in [0.25, 0.3) is 0 Å². The first-order chi connectivity index (χ1) is 13.0. The van der Waals surface area contributed by atoms with Gasteiger partial charge in [0.1, 0.15) is 0 Å². The molecule has 27 heavy (non-hydrogen) atoms. The maximum Gasteiger partial charge on any atom is 0.243 e. The molecule has 0 aliphatic carbocycles. The lowest BCUT2D eigenvalue weighted by molar-refractivity contribution is -0.0310. The number of anilines is 1. The maximum atomic E-state index is 12.9. The Labute approximate surface area is 159 Å². The molecule has 2 aromatic rings. The number of ether oxygens (including phenoxy) is 1. The van der Waals surface area contributed by atoms with Crippen molar-refractivity contribution >= 4 is 16.0 Å². The molecule has 0 radical (unpaired) electrons. The number of benzene rings is 1. The highest BCUT2D eigenvalue weighted by molar-refractivity contribution is 7.89. The standard InChI is InChI=1S/C19H24N4O3S/c1-15-4-2-5-17(12-15)27(24,25)23-10-6-19(7-11-23)13-16(14-26-19)22-18-20-8-3-9-21-18/h2-5,8-9,12,16H,6-7,10-11,13-14H2,1H3,(H,20,21,22). The van der Waals surface area contributed by atoms with Crippen molar-refractivity contribution < 1.29 is 13.2 Å². The zero-order chi connectivity index (χ0) is 18.9. The van der Waals surface area contributed by atoms with Gasteiger partial charge in [0, 0.05) is 25.5 Å². The summed E-state index contributed by atoms with van der Waals surface area (Å²) in [6, 6.07) is 9.01. The number of nitrogens with one attached hydrogen (secondary N) is 1. The first kappa shape index (κ1) is 18.3. The number of nitrogens with zero attached hydrogens (tertiary/aromatic N) is 3. The molecule has 2 saturated heterocycles. The molecule has 0 saturated carbocycles. The predicted octanol–water partition coefficient (Wildman–Crippen LogP) is 2.21. The molecule has 2 aliphatic rings. The number of piperidine rings is 1. The molecule has 1 aromatic heterocycles. The first-order valence-electron chi connectivity index (χ1n) is 9.21. The van der Waals surface area contributed by atoms with E-state index < -0.39 is 10.0 Å². The lowest BCUT2D eigenvalue weighted by Crippen LogP contribution is -2.46. The summed E-state index contributed by atoms with van der Waals surface area (Å²) in [5, 5.41) is 3.31. The minimum absolute atomic E-state index is 0.146. The van der Waals surface area contributed by atoms with Crippen LogP contribution in [0.3, 0.4) is 0 Å². The summed E-state index contributed by atoms with van der Waals surface area (Å²) in [5.74, 6) is 0.600. The van der Waals surface area contributed by atoms with E-state index >= 15 is 0 Å². The van der Waals surface area contributed by atoms with E-state index in [1.165, 1.54) is 0 Å². The molecule has 8 heteroatoms. The quantitative estimate of drug-likeness (QED) is 0.864. The molecular weight excluding hydrogens is 364 g/mol. The highest BCUT2D eigenvalue weighted by Crippen LogP contribution is 2.38. The van der Waals surface area contributed by atoms with Gasteiger partial charge in [-0.2, -0.15) is 4.31 Å². The molecular formula is C19H24N4O3S. The van der Waals surface area contributed by atoms with Crippen molar-refractivity contribution in [1.82, 2.24) is 14.3 Å². The average molecular weight is 388 g/mol. The molecule has 144 valence electrons. The van der Waals surface area contributed by atoms with Gasteiger partial charge < -0.3 is 10.1 Å². The average Bonchev–Trinajstić information content (AvgIpc) is 3.05. The van der Waals surface area contributed by atoms with Gasteiger partial charge in [0.15, 0.2) is 0 Å². The van der Waals surface area contributed by atoms with Crippen LogP contribution >= 0.6 is 0 Å². The normalized spacial score (nSPS) is 22.8. The highest BCUT2D eigenvalue weighted by atomic mass is 32.2. The van der Waals surface area contributed by atoms with Gasteiger partial charge in [0.05, 0.1) is 23.1 Å². The Morgan fingerprint density at radius 2 is 1.93 bits per heavy atom. The molecule has 1 spiro atoms. The molecule has 7 nitrogen and oxygen atoms in total. The Morgan fingerprint density at radius 1 is 1.19 bits per heavy atom. The Kier molecular flexibility index (Phi) is 4.88. The van der Waals surface area contributed by atoms with Crippen LogP contribution in [-0.2, 0) is 14.8 Å². The molecule has 1 atom stereocenters. The second kappa shape index (κ2) is 7.18. The molecule has 0 bridgehead atoms. The van der Waals surface area contributed by atoms with Crippen molar-refractivity contribution in [2.45, 2.75) is 42.7 Å². The minimum atomic E-state index is -3.45. The molecule has 2 fully saturated rings. The number of hydrogen-bond donors (Lipinski definition) is 1. The van der Waals surface area contributed by atoms with Crippen LogP contribution in [-0.4, -0.2) is 54.0 Å². The predicted molar refractivity (Wildman–Crippen MR) is 102 cm³/mol. The minimum Gasteiger partial charge on any atom is -0.373 e. The SMILES string of the molecule is Cc1cccc(S(=O)(=O)N2CCC3(CC2)CC(Nc2ncccn2)CO3)c1. The van der Waals surface area contributed by atoms with Gasteiger partial charge in [0.2, 0.25) is 16.0 Å². The fraction of sp³-hybridized carbons (Fsp3) is 0.474. The van der Waals surface area contributed by atoms with E-state index in [4.69, 9.17) is 4.74 Å². The van der Waals surface area contributed by atoms with E-state index in [1.54, 1.807) is 41.0 Å². The fourth-order valence-corrected chi connectivity index (χ4v) is 5.45. The van der Waals surface area contributed by atoms with Gasteiger partial charge in [-0.15, -0.1) is 0 Å². The van der Waals surface area contributed by atoms with E-state index in [-0.39, 0.29) is 11.6 Å². The second-order valence-electron chi connectivity index (χ2n) is 7.33. The monoisotopic (exact) mass is 388 g/mol. The first-order valence-corrected chi connectivity index (χ1v) is 10.7. The topological polar surface area (TPSA) is 84.4 Å². The van der Waals surface area contributed by atoms with Crippen molar-refractivity contribution in [3.05, 3.63) is 48.3 Å². The van der Waals surface area contributed by atoms with Crippen molar-refractivity contribution in [2.24, 2.45) is 0 Å². The van der Waals surface area contributed by atoms with Gasteiger partial charge in [-0.1, -0.05) is 12.1 Å². The summed E-state index contributed by atoms with van der Waals surface area (Å²) >= 11 is 0. The molecule has 0 amide bonds. The summed E-state index contributed by atoms with van der Waals surface area (Å²) in [4.78, 5) is 8.76.